The lowest BCUT2D eigenvalue weighted by atomic mass is 10.5. The third kappa shape index (κ3) is 5.63. The second-order valence-electron chi connectivity index (χ2n) is 1.49. The third-order valence-corrected chi connectivity index (χ3v) is 0.605. The number of rotatable bonds is 2. The highest BCUT2D eigenvalue weighted by atomic mass is 35.5. The highest BCUT2D eigenvalue weighted by molar-refractivity contribution is 6.18. The van der Waals surface area contributed by atoms with Crippen molar-refractivity contribution in [3.8, 4) is 0 Å². The zero-order valence-corrected chi connectivity index (χ0v) is 5.81. The van der Waals surface area contributed by atoms with Crippen LogP contribution in [-0.2, 0) is 0 Å². The van der Waals surface area contributed by atoms with Gasteiger partial charge in [-0.15, -0.1) is 11.6 Å². The first-order chi connectivity index (χ1) is 3.77. The monoisotopic (exact) mass is 132 g/mol. The second kappa shape index (κ2) is 4.78. The number of halogens is 1. The van der Waals surface area contributed by atoms with Crippen LogP contribution in [0.5, 0.6) is 0 Å². The molecule has 0 saturated heterocycles. The summed E-state index contributed by atoms with van der Waals surface area (Å²) >= 11 is 5.22. The van der Waals surface area contributed by atoms with Crippen LogP contribution in [0.2, 0.25) is 0 Å². The van der Waals surface area contributed by atoms with Gasteiger partial charge < -0.3 is 0 Å². The van der Waals surface area contributed by atoms with E-state index >= 15 is 0 Å². The SMILES string of the molecule is CC(C)=NC=NCCl. The molecule has 0 aromatic heterocycles. The Hall–Kier alpha value is -0.370. The van der Waals surface area contributed by atoms with Crippen LogP contribution in [0, 0.1) is 0 Å². The van der Waals surface area contributed by atoms with Gasteiger partial charge in [0.2, 0.25) is 0 Å². The van der Waals surface area contributed by atoms with Gasteiger partial charge in [-0.1, -0.05) is 0 Å². The fourth-order valence-corrected chi connectivity index (χ4v) is 0.249. The van der Waals surface area contributed by atoms with Gasteiger partial charge in [-0.05, 0) is 13.8 Å². The Morgan fingerprint density at radius 3 is 2.62 bits per heavy atom. The Labute approximate surface area is 54.3 Å². The summed E-state index contributed by atoms with van der Waals surface area (Å²) in [6.45, 7) is 3.81. The van der Waals surface area contributed by atoms with Crippen molar-refractivity contribution < 1.29 is 0 Å². The molecule has 0 aromatic rings. The molecule has 2 nitrogen and oxygen atoms in total. The van der Waals surface area contributed by atoms with E-state index in [1.54, 1.807) is 0 Å². The zero-order chi connectivity index (χ0) is 6.41. The molecule has 0 radical (unpaired) electrons. The van der Waals surface area contributed by atoms with Crippen LogP contribution < -0.4 is 0 Å². The number of alkyl halides is 1. The minimum atomic E-state index is 0.288. The number of hydrogen-bond acceptors (Lipinski definition) is 1. The summed E-state index contributed by atoms with van der Waals surface area (Å²) in [5.74, 6) is 0. The standard InChI is InChI=1S/C5H9ClN2/c1-5(2)8-4-7-3-6/h4H,3H2,1-2H3. The lowest BCUT2D eigenvalue weighted by molar-refractivity contribution is 1.36. The van der Waals surface area contributed by atoms with Gasteiger partial charge in [0, 0.05) is 5.71 Å². The summed E-state index contributed by atoms with van der Waals surface area (Å²) in [5.41, 5.74) is 0.985. The minimum absolute atomic E-state index is 0.288. The molecule has 0 unspecified atom stereocenters. The van der Waals surface area contributed by atoms with Crippen LogP contribution >= 0.6 is 11.6 Å². The van der Waals surface area contributed by atoms with E-state index in [0.717, 1.165) is 5.71 Å². The summed E-state index contributed by atoms with van der Waals surface area (Å²) in [6.07, 6.45) is 1.46. The average molecular weight is 133 g/mol. The first kappa shape index (κ1) is 7.63. The quantitative estimate of drug-likeness (QED) is 0.237. The van der Waals surface area contributed by atoms with Crippen molar-refractivity contribution in [1.29, 1.82) is 0 Å². The molecule has 0 aromatic carbocycles. The maximum absolute atomic E-state index is 5.22. The molecule has 0 rings (SSSR count). The Balaban J connectivity index is 3.42. The number of hydrogen-bond donors (Lipinski definition) is 0. The summed E-state index contributed by atoms with van der Waals surface area (Å²) in [7, 11) is 0. The van der Waals surface area contributed by atoms with E-state index in [1.807, 2.05) is 13.8 Å². The summed E-state index contributed by atoms with van der Waals surface area (Å²) in [5, 5.41) is 0. The smallest absolute Gasteiger partial charge is 0.115 e. The second-order valence-corrected chi connectivity index (χ2v) is 1.73. The molecule has 0 N–H and O–H groups in total. The Morgan fingerprint density at radius 2 is 2.25 bits per heavy atom. The van der Waals surface area contributed by atoms with Gasteiger partial charge in [0.25, 0.3) is 0 Å². The minimum Gasteiger partial charge on any atom is -0.257 e. The van der Waals surface area contributed by atoms with Crippen molar-refractivity contribution in [2.75, 3.05) is 6.00 Å². The molecule has 0 fully saturated rings. The highest BCUT2D eigenvalue weighted by Gasteiger charge is 1.69. The zero-order valence-electron chi connectivity index (χ0n) is 5.06. The fourth-order valence-electron chi connectivity index (χ4n) is 0.187. The Morgan fingerprint density at radius 1 is 1.62 bits per heavy atom. The molecule has 46 valence electrons. The molecular formula is C5H9ClN2. The number of nitrogens with zero attached hydrogens (tertiary/aromatic N) is 2. The molecule has 0 amide bonds. The van der Waals surface area contributed by atoms with E-state index in [2.05, 4.69) is 9.98 Å². The molecular weight excluding hydrogens is 124 g/mol. The van der Waals surface area contributed by atoms with Gasteiger partial charge in [-0.25, -0.2) is 4.99 Å². The molecule has 0 aliphatic rings. The van der Waals surface area contributed by atoms with E-state index in [9.17, 15) is 0 Å². The van der Waals surface area contributed by atoms with E-state index in [4.69, 9.17) is 11.6 Å². The first-order valence-corrected chi connectivity index (χ1v) is 2.86. The van der Waals surface area contributed by atoms with E-state index in [1.165, 1.54) is 6.34 Å². The van der Waals surface area contributed by atoms with Crippen LogP contribution in [0.25, 0.3) is 0 Å². The molecule has 0 heterocycles. The first-order valence-electron chi connectivity index (χ1n) is 2.32. The molecule has 0 aliphatic carbocycles. The molecule has 0 bridgehead atoms. The number of aliphatic imine (C=N–C) groups is 2. The van der Waals surface area contributed by atoms with Crippen molar-refractivity contribution >= 4 is 23.7 Å². The maximum Gasteiger partial charge on any atom is 0.115 e. The molecule has 0 aliphatic heterocycles. The van der Waals surface area contributed by atoms with Gasteiger partial charge in [0.05, 0.1) is 0 Å². The summed E-state index contributed by atoms with van der Waals surface area (Å²) in [6, 6.07) is 0.288. The van der Waals surface area contributed by atoms with Gasteiger partial charge in [0.15, 0.2) is 0 Å². The molecule has 3 heteroatoms. The van der Waals surface area contributed by atoms with Crippen molar-refractivity contribution in [3.63, 3.8) is 0 Å². The normalized spacial score (nSPS) is 9.88. The molecule has 0 saturated carbocycles. The Bertz CT molecular complexity index is 103. The van der Waals surface area contributed by atoms with Crippen LogP contribution in [-0.4, -0.2) is 18.1 Å². The van der Waals surface area contributed by atoms with E-state index in [0.29, 0.717) is 0 Å². The lowest BCUT2D eigenvalue weighted by Gasteiger charge is -1.79. The van der Waals surface area contributed by atoms with Gasteiger partial charge in [-0.2, -0.15) is 0 Å². The van der Waals surface area contributed by atoms with E-state index in [-0.39, 0.29) is 6.00 Å². The van der Waals surface area contributed by atoms with Crippen LogP contribution in [0.1, 0.15) is 13.8 Å². The summed E-state index contributed by atoms with van der Waals surface area (Å²) in [4.78, 5) is 7.52. The van der Waals surface area contributed by atoms with E-state index < -0.39 is 0 Å². The van der Waals surface area contributed by atoms with Crippen molar-refractivity contribution in [2.24, 2.45) is 9.98 Å². The largest absolute Gasteiger partial charge is 0.257 e. The van der Waals surface area contributed by atoms with Crippen LogP contribution in [0.15, 0.2) is 9.98 Å². The third-order valence-electron chi connectivity index (χ3n) is 0.467. The van der Waals surface area contributed by atoms with Crippen molar-refractivity contribution in [1.82, 2.24) is 0 Å². The summed E-state index contributed by atoms with van der Waals surface area (Å²) < 4.78 is 0. The van der Waals surface area contributed by atoms with Crippen molar-refractivity contribution in [3.05, 3.63) is 0 Å². The predicted molar refractivity (Wildman–Crippen MR) is 38.0 cm³/mol. The predicted octanol–water partition coefficient (Wildman–Crippen LogP) is 1.69. The van der Waals surface area contributed by atoms with Crippen LogP contribution in [0.3, 0.4) is 0 Å². The maximum atomic E-state index is 5.22. The van der Waals surface area contributed by atoms with Gasteiger partial charge >= 0.3 is 0 Å². The molecule has 0 atom stereocenters. The Kier molecular flexibility index (Phi) is 4.56. The topological polar surface area (TPSA) is 24.7 Å². The van der Waals surface area contributed by atoms with Crippen LogP contribution in [0.4, 0.5) is 0 Å². The van der Waals surface area contributed by atoms with Crippen molar-refractivity contribution in [2.45, 2.75) is 13.8 Å². The fraction of sp³-hybridized carbons (Fsp3) is 0.600. The molecule has 8 heavy (non-hydrogen) atoms. The lowest BCUT2D eigenvalue weighted by Crippen LogP contribution is -1.79. The van der Waals surface area contributed by atoms with Gasteiger partial charge in [-0.3, -0.25) is 4.99 Å². The average Bonchev–Trinajstić information content (AvgIpc) is 1.66. The highest BCUT2D eigenvalue weighted by Crippen LogP contribution is 1.74. The molecule has 0 spiro atoms. The van der Waals surface area contributed by atoms with Gasteiger partial charge in [0.1, 0.15) is 12.3 Å².